The molecule has 2 fully saturated rings. The number of rotatable bonds is 9. The number of hydrogen-bond acceptors (Lipinski definition) is 7. The van der Waals surface area contributed by atoms with E-state index in [1.165, 1.54) is 0 Å². The smallest absolute Gasteiger partial charge is 0.258 e. The molecule has 1 aromatic heterocycles. The summed E-state index contributed by atoms with van der Waals surface area (Å²) in [6.07, 6.45) is 3.15. The Kier molecular flexibility index (Phi) is 7.30. The highest BCUT2D eigenvalue weighted by molar-refractivity contribution is 7.92. The normalized spacial score (nSPS) is 17.1. The number of piperidine rings is 1. The molecule has 1 amide bonds. The molecule has 1 aliphatic heterocycles. The number of nitrogens with zero attached hydrogens (tertiary/aromatic N) is 3. The highest BCUT2D eigenvalue weighted by Crippen LogP contribution is 2.30. The molecule has 0 bridgehead atoms. The van der Waals surface area contributed by atoms with Gasteiger partial charge in [0.2, 0.25) is 5.91 Å². The Hall–Kier alpha value is -3.24. The van der Waals surface area contributed by atoms with E-state index in [1.54, 1.807) is 54.5 Å². The average Bonchev–Trinajstić information content (AvgIpc) is 3.73. The lowest BCUT2D eigenvalue weighted by Crippen LogP contribution is -2.46. The topological polar surface area (TPSA) is 113 Å². The summed E-state index contributed by atoms with van der Waals surface area (Å²) in [5.41, 5.74) is 0.403. The van der Waals surface area contributed by atoms with Gasteiger partial charge in [-0.1, -0.05) is 12.1 Å². The lowest BCUT2D eigenvalue weighted by molar-refractivity contribution is -0.133. The highest BCUT2D eigenvalue weighted by atomic mass is 32.2. The molecule has 196 valence electrons. The summed E-state index contributed by atoms with van der Waals surface area (Å²) in [5, 5.41) is 0.0560. The number of nitrogens with one attached hydrogen (secondary N) is 1. The summed E-state index contributed by atoms with van der Waals surface area (Å²) >= 11 is 0. The van der Waals surface area contributed by atoms with Gasteiger partial charge in [0, 0.05) is 6.54 Å². The fraction of sp³-hybridized carbons (Fsp3) is 0.444. The minimum absolute atomic E-state index is 0.0285. The molecule has 0 spiro atoms. The third-order valence-electron chi connectivity index (χ3n) is 7.25. The standard InChI is InChI=1S/C27H32N4O5S/c1-36-20-8-10-21(11-9-20)37(34,35)22-12-14-30(15-13-22)18-26(32)31(16-19-6-7-19)17-25-28-24-5-3-2-4-23(24)27(33)29-25/h2-5,8-11,19,22H,6-7,12-18H2,1H3,(H,28,29,33). The van der Waals surface area contributed by atoms with Crippen molar-refractivity contribution in [1.29, 1.82) is 0 Å². The van der Waals surface area contributed by atoms with Crippen LogP contribution in [0.1, 0.15) is 31.5 Å². The number of ether oxygens (including phenoxy) is 1. The van der Waals surface area contributed by atoms with Crippen LogP contribution < -0.4 is 10.3 Å². The molecule has 2 aliphatic rings. The summed E-state index contributed by atoms with van der Waals surface area (Å²) in [4.78, 5) is 37.3. The molecule has 10 heteroatoms. The molecule has 37 heavy (non-hydrogen) atoms. The number of aromatic nitrogens is 2. The Bertz CT molecular complexity index is 1430. The van der Waals surface area contributed by atoms with E-state index in [4.69, 9.17) is 4.74 Å². The zero-order chi connectivity index (χ0) is 26.0. The summed E-state index contributed by atoms with van der Waals surface area (Å²) in [6.45, 7) is 2.18. The Morgan fingerprint density at radius 1 is 1.08 bits per heavy atom. The Morgan fingerprint density at radius 2 is 1.78 bits per heavy atom. The molecule has 1 aliphatic carbocycles. The van der Waals surface area contributed by atoms with Crippen LogP contribution >= 0.6 is 0 Å². The molecular weight excluding hydrogens is 492 g/mol. The summed E-state index contributed by atoms with van der Waals surface area (Å²) in [5.74, 6) is 1.55. The van der Waals surface area contributed by atoms with Crippen LogP contribution in [-0.2, 0) is 21.2 Å². The number of methoxy groups -OCH3 is 1. The van der Waals surface area contributed by atoms with Crippen LogP contribution in [0.2, 0.25) is 0 Å². The van der Waals surface area contributed by atoms with E-state index < -0.39 is 15.1 Å². The predicted molar refractivity (Wildman–Crippen MR) is 140 cm³/mol. The van der Waals surface area contributed by atoms with Gasteiger partial charge in [-0.2, -0.15) is 0 Å². The van der Waals surface area contributed by atoms with E-state index in [9.17, 15) is 18.0 Å². The summed E-state index contributed by atoms with van der Waals surface area (Å²) < 4.78 is 31.3. The van der Waals surface area contributed by atoms with Crippen molar-refractivity contribution in [3.63, 3.8) is 0 Å². The zero-order valence-electron chi connectivity index (χ0n) is 20.9. The fourth-order valence-corrected chi connectivity index (χ4v) is 6.62. The minimum Gasteiger partial charge on any atom is -0.497 e. The highest BCUT2D eigenvalue weighted by Gasteiger charge is 2.33. The van der Waals surface area contributed by atoms with Crippen LogP contribution in [0.25, 0.3) is 10.9 Å². The minimum atomic E-state index is -3.45. The monoisotopic (exact) mass is 524 g/mol. The van der Waals surface area contributed by atoms with Gasteiger partial charge in [0.25, 0.3) is 5.56 Å². The van der Waals surface area contributed by atoms with Gasteiger partial charge in [-0.3, -0.25) is 14.5 Å². The number of amides is 1. The number of para-hydroxylation sites is 1. The third-order valence-corrected chi connectivity index (χ3v) is 9.53. The van der Waals surface area contributed by atoms with Gasteiger partial charge in [0.1, 0.15) is 11.6 Å². The molecule has 1 saturated heterocycles. The van der Waals surface area contributed by atoms with E-state index in [-0.39, 0.29) is 24.6 Å². The maximum Gasteiger partial charge on any atom is 0.258 e. The molecule has 3 aromatic rings. The van der Waals surface area contributed by atoms with Crippen LogP contribution in [-0.4, -0.2) is 72.6 Å². The van der Waals surface area contributed by atoms with Crippen molar-refractivity contribution in [1.82, 2.24) is 19.8 Å². The second-order valence-corrected chi connectivity index (χ2v) is 12.2. The van der Waals surface area contributed by atoms with E-state index >= 15 is 0 Å². The Labute approximate surface area is 216 Å². The van der Waals surface area contributed by atoms with Gasteiger partial charge in [-0.25, -0.2) is 13.4 Å². The van der Waals surface area contributed by atoms with Crippen LogP contribution in [0.15, 0.2) is 58.2 Å². The number of likely N-dealkylation sites (tertiary alicyclic amines) is 1. The molecule has 1 saturated carbocycles. The maximum absolute atomic E-state index is 13.3. The van der Waals surface area contributed by atoms with Crippen LogP contribution in [0.5, 0.6) is 5.75 Å². The number of benzene rings is 2. The van der Waals surface area contributed by atoms with Crippen LogP contribution in [0.3, 0.4) is 0 Å². The zero-order valence-corrected chi connectivity index (χ0v) is 21.7. The quantitative estimate of drug-likeness (QED) is 0.458. The molecule has 0 atom stereocenters. The lowest BCUT2D eigenvalue weighted by Gasteiger charge is -2.33. The molecule has 0 radical (unpaired) electrons. The molecule has 9 nitrogen and oxygen atoms in total. The van der Waals surface area contributed by atoms with Gasteiger partial charge < -0.3 is 14.6 Å². The van der Waals surface area contributed by atoms with E-state index in [0.717, 1.165) is 12.8 Å². The number of aromatic amines is 1. The average molecular weight is 525 g/mol. The second kappa shape index (κ2) is 10.6. The van der Waals surface area contributed by atoms with Crippen molar-refractivity contribution < 1.29 is 17.9 Å². The Balaban J connectivity index is 1.22. The predicted octanol–water partition coefficient (Wildman–Crippen LogP) is 2.61. The number of carbonyl (C=O) groups excluding carboxylic acids is 1. The molecule has 5 rings (SSSR count). The summed E-state index contributed by atoms with van der Waals surface area (Å²) in [6, 6.07) is 13.7. The van der Waals surface area contributed by atoms with E-state index in [2.05, 4.69) is 9.97 Å². The number of H-pyrrole nitrogens is 1. The number of sulfone groups is 1. The maximum atomic E-state index is 13.3. The first kappa shape index (κ1) is 25.4. The third kappa shape index (κ3) is 5.86. The first-order valence-corrected chi connectivity index (χ1v) is 14.2. The van der Waals surface area contributed by atoms with Crippen molar-refractivity contribution in [2.45, 2.75) is 42.4 Å². The van der Waals surface area contributed by atoms with Gasteiger partial charge in [0.15, 0.2) is 9.84 Å². The van der Waals surface area contributed by atoms with Crippen LogP contribution in [0, 0.1) is 5.92 Å². The number of carbonyl (C=O) groups is 1. The van der Waals surface area contributed by atoms with Crippen molar-refractivity contribution in [3.8, 4) is 5.75 Å². The molecule has 0 unspecified atom stereocenters. The second-order valence-electron chi connectivity index (χ2n) is 9.94. The first-order valence-electron chi connectivity index (χ1n) is 12.7. The van der Waals surface area contributed by atoms with Crippen molar-refractivity contribution in [2.24, 2.45) is 5.92 Å². The lowest BCUT2D eigenvalue weighted by atomic mass is 10.1. The van der Waals surface area contributed by atoms with Crippen molar-refractivity contribution >= 4 is 26.6 Å². The van der Waals surface area contributed by atoms with Gasteiger partial charge >= 0.3 is 0 Å². The van der Waals surface area contributed by atoms with Crippen molar-refractivity contribution in [2.75, 3.05) is 33.3 Å². The largest absolute Gasteiger partial charge is 0.497 e. The van der Waals surface area contributed by atoms with Gasteiger partial charge in [0.05, 0.1) is 41.2 Å². The van der Waals surface area contributed by atoms with E-state index in [0.29, 0.717) is 65.8 Å². The Morgan fingerprint density at radius 3 is 2.46 bits per heavy atom. The summed E-state index contributed by atoms with van der Waals surface area (Å²) in [7, 11) is -1.90. The number of fused-ring (bicyclic) bond motifs is 1. The molecule has 2 aromatic carbocycles. The molecular formula is C27H32N4O5S. The van der Waals surface area contributed by atoms with Crippen molar-refractivity contribution in [3.05, 3.63) is 64.7 Å². The van der Waals surface area contributed by atoms with Gasteiger partial charge in [-0.15, -0.1) is 0 Å². The van der Waals surface area contributed by atoms with Crippen LogP contribution in [0.4, 0.5) is 0 Å². The number of hydrogen-bond donors (Lipinski definition) is 1. The van der Waals surface area contributed by atoms with E-state index in [1.807, 2.05) is 11.0 Å². The molecule has 2 heterocycles. The first-order chi connectivity index (χ1) is 17.8. The van der Waals surface area contributed by atoms with Gasteiger partial charge in [-0.05, 0) is 81.1 Å². The SMILES string of the molecule is COc1ccc(S(=O)(=O)C2CCN(CC(=O)N(Cc3nc4ccccc4c(=O)[nH]3)CC3CC3)CC2)cc1. The molecule has 1 N–H and O–H groups in total. The fourth-order valence-electron chi connectivity index (χ4n) is 4.88.